The number of benzene rings is 2. The molecule has 5 rings (SSSR count). The zero-order chi connectivity index (χ0) is 23.7. The normalized spacial score (nSPS) is 17.4. The van der Waals surface area contributed by atoms with Crippen LogP contribution in [0.25, 0.3) is 0 Å². The van der Waals surface area contributed by atoms with Crippen molar-refractivity contribution in [2.45, 2.75) is 6.42 Å². The predicted octanol–water partition coefficient (Wildman–Crippen LogP) is 3.71. The van der Waals surface area contributed by atoms with Crippen molar-refractivity contribution in [1.29, 1.82) is 0 Å². The monoisotopic (exact) mass is 496 g/mol. The molecule has 2 aromatic carbocycles. The van der Waals surface area contributed by atoms with E-state index in [1.165, 1.54) is 0 Å². The smallest absolute Gasteiger partial charge is 0.278 e. The summed E-state index contributed by atoms with van der Waals surface area (Å²) in [5, 5.41) is 1.19. The molecular formula is C24H22Cl2N6O2. The molecule has 2 aliphatic rings. The van der Waals surface area contributed by atoms with Crippen LogP contribution in [0.1, 0.15) is 16.7 Å². The maximum Gasteiger partial charge on any atom is 0.278 e. The number of halogens is 2. The van der Waals surface area contributed by atoms with Crippen LogP contribution < -0.4 is 10.6 Å². The number of ether oxygens (including phenoxy) is 1. The molecule has 3 aromatic rings. The second-order valence-corrected chi connectivity index (χ2v) is 8.98. The molecule has 0 saturated carbocycles. The van der Waals surface area contributed by atoms with Crippen molar-refractivity contribution in [2.75, 3.05) is 43.6 Å². The Labute approximate surface area is 207 Å². The molecule has 2 aliphatic heterocycles. The molecule has 174 valence electrons. The molecule has 1 amide bonds. The van der Waals surface area contributed by atoms with Gasteiger partial charge in [0.15, 0.2) is 0 Å². The van der Waals surface area contributed by atoms with Gasteiger partial charge in [-0.15, -0.1) is 0 Å². The van der Waals surface area contributed by atoms with Crippen molar-refractivity contribution < 1.29 is 9.53 Å². The van der Waals surface area contributed by atoms with Gasteiger partial charge in [0.25, 0.3) is 11.9 Å². The number of hydrogen-bond acceptors (Lipinski definition) is 7. The molecule has 10 heteroatoms. The van der Waals surface area contributed by atoms with Gasteiger partial charge >= 0.3 is 0 Å². The lowest BCUT2D eigenvalue weighted by atomic mass is 10.1. The molecule has 0 bridgehead atoms. The first-order chi connectivity index (χ1) is 16.5. The minimum atomic E-state index is -0.226. The molecule has 34 heavy (non-hydrogen) atoms. The Morgan fingerprint density at radius 2 is 1.79 bits per heavy atom. The number of nitrogens with zero attached hydrogens (tertiary/aromatic N) is 5. The first kappa shape index (κ1) is 22.7. The van der Waals surface area contributed by atoms with Gasteiger partial charge in [0, 0.05) is 46.9 Å². The molecule has 0 atom stereocenters. The van der Waals surface area contributed by atoms with Crippen LogP contribution in [0.15, 0.2) is 53.7 Å². The van der Waals surface area contributed by atoms with Crippen LogP contribution in [0.2, 0.25) is 10.0 Å². The molecule has 1 fully saturated rings. The lowest BCUT2D eigenvalue weighted by Crippen LogP contribution is -2.45. The van der Waals surface area contributed by atoms with E-state index < -0.39 is 0 Å². The quantitative estimate of drug-likeness (QED) is 0.578. The molecule has 0 aliphatic carbocycles. The van der Waals surface area contributed by atoms with Gasteiger partial charge in [-0.3, -0.25) is 14.6 Å². The van der Waals surface area contributed by atoms with E-state index in [2.05, 4.69) is 19.9 Å². The Bertz CT molecular complexity index is 1260. The van der Waals surface area contributed by atoms with Gasteiger partial charge in [-0.2, -0.15) is 4.98 Å². The van der Waals surface area contributed by atoms with Gasteiger partial charge in [-0.05, 0) is 35.9 Å². The molecule has 2 N–H and O–H groups in total. The Morgan fingerprint density at radius 1 is 1.06 bits per heavy atom. The van der Waals surface area contributed by atoms with Crippen LogP contribution in [0.5, 0.6) is 0 Å². The summed E-state index contributed by atoms with van der Waals surface area (Å²) < 4.78 is 5.42. The molecule has 0 spiro atoms. The standard InChI is InChI=1S/C24H22Cl2N6O2/c25-17-3-1-15(2-4-17)11-16-13-28-24(30-22(16)27)29-21-19-12-18(26)5-6-20(19)32(23(21)33)14-31-7-9-34-10-8-31/h1-6,12-13H,7-11,14H2,(H2,27,28,30)/b29-21-. The van der Waals surface area contributed by atoms with E-state index in [0.717, 1.165) is 29.9 Å². The lowest BCUT2D eigenvalue weighted by Gasteiger charge is -2.30. The zero-order valence-electron chi connectivity index (χ0n) is 18.2. The number of nitrogens with two attached hydrogens (primary N) is 1. The summed E-state index contributed by atoms with van der Waals surface area (Å²) in [5.41, 5.74) is 9.65. The summed E-state index contributed by atoms with van der Waals surface area (Å²) in [5.74, 6) is 0.210. The Morgan fingerprint density at radius 3 is 2.53 bits per heavy atom. The number of aromatic nitrogens is 2. The number of rotatable bonds is 5. The van der Waals surface area contributed by atoms with E-state index in [0.29, 0.717) is 47.7 Å². The van der Waals surface area contributed by atoms with Crippen molar-refractivity contribution in [1.82, 2.24) is 14.9 Å². The minimum absolute atomic E-state index is 0.125. The van der Waals surface area contributed by atoms with Crippen molar-refractivity contribution in [2.24, 2.45) is 4.99 Å². The van der Waals surface area contributed by atoms with E-state index in [-0.39, 0.29) is 17.6 Å². The number of hydrogen-bond donors (Lipinski definition) is 1. The third-order valence-electron chi connectivity index (χ3n) is 5.80. The highest BCUT2D eigenvalue weighted by atomic mass is 35.5. The van der Waals surface area contributed by atoms with Crippen LogP contribution in [0.3, 0.4) is 0 Å². The third kappa shape index (κ3) is 4.76. The van der Waals surface area contributed by atoms with E-state index in [1.54, 1.807) is 23.2 Å². The van der Waals surface area contributed by atoms with Crippen LogP contribution in [0, 0.1) is 0 Å². The van der Waals surface area contributed by atoms with Gasteiger partial charge in [-0.25, -0.2) is 9.98 Å². The molecule has 8 nitrogen and oxygen atoms in total. The number of aliphatic imine (C=N–C) groups is 1. The van der Waals surface area contributed by atoms with Gasteiger partial charge < -0.3 is 10.5 Å². The highest BCUT2D eigenvalue weighted by Gasteiger charge is 2.35. The van der Waals surface area contributed by atoms with Gasteiger partial charge in [0.2, 0.25) is 0 Å². The Balaban J connectivity index is 1.43. The van der Waals surface area contributed by atoms with Gasteiger partial charge in [-0.1, -0.05) is 35.3 Å². The average Bonchev–Trinajstić information content (AvgIpc) is 3.08. The maximum absolute atomic E-state index is 13.4. The second kappa shape index (κ2) is 9.68. The van der Waals surface area contributed by atoms with Crippen molar-refractivity contribution in [3.63, 3.8) is 0 Å². The fourth-order valence-corrected chi connectivity index (χ4v) is 4.30. The molecular weight excluding hydrogens is 475 g/mol. The van der Waals surface area contributed by atoms with Gasteiger partial charge in [0.05, 0.1) is 25.6 Å². The summed E-state index contributed by atoms with van der Waals surface area (Å²) in [6.45, 7) is 3.25. The van der Waals surface area contributed by atoms with Crippen molar-refractivity contribution >= 4 is 52.3 Å². The summed E-state index contributed by atoms with van der Waals surface area (Å²) in [4.78, 5) is 30.4. The average molecular weight is 497 g/mol. The third-order valence-corrected chi connectivity index (χ3v) is 6.29. The van der Waals surface area contributed by atoms with Crippen LogP contribution >= 0.6 is 23.2 Å². The largest absolute Gasteiger partial charge is 0.383 e. The summed E-state index contributed by atoms with van der Waals surface area (Å²) >= 11 is 12.2. The molecule has 0 unspecified atom stereocenters. The zero-order valence-corrected chi connectivity index (χ0v) is 19.8. The first-order valence-corrected chi connectivity index (χ1v) is 11.6. The Kier molecular flexibility index (Phi) is 6.47. The number of carbonyl (C=O) groups is 1. The molecule has 1 saturated heterocycles. The van der Waals surface area contributed by atoms with E-state index in [1.807, 2.05) is 30.3 Å². The van der Waals surface area contributed by atoms with Gasteiger partial charge in [0.1, 0.15) is 11.5 Å². The highest BCUT2D eigenvalue weighted by molar-refractivity contribution is 6.55. The molecule has 0 radical (unpaired) electrons. The topological polar surface area (TPSA) is 96.9 Å². The fraction of sp³-hybridized carbons (Fsp3) is 0.250. The van der Waals surface area contributed by atoms with E-state index in [9.17, 15) is 4.79 Å². The van der Waals surface area contributed by atoms with Crippen molar-refractivity contribution in [3.05, 3.63) is 75.4 Å². The van der Waals surface area contributed by atoms with E-state index >= 15 is 0 Å². The van der Waals surface area contributed by atoms with Crippen LogP contribution in [0.4, 0.5) is 17.5 Å². The number of carbonyl (C=O) groups excluding carboxylic acids is 1. The van der Waals surface area contributed by atoms with Crippen molar-refractivity contribution in [3.8, 4) is 0 Å². The number of morpholine rings is 1. The SMILES string of the molecule is Nc1nc(/N=C2\C(=O)N(CN3CCOCC3)c3ccc(Cl)cc32)ncc1Cc1ccc(Cl)cc1. The minimum Gasteiger partial charge on any atom is -0.383 e. The maximum atomic E-state index is 13.4. The van der Waals surface area contributed by atoms with Crippen LogP contribution in [-0.4, -0.2) is 59.5 Å². The highest BCUT2D eigenvalue weighted by Crippen LogP contribution is 2.33. The number of nitrogen functional groups attached to an aromatic ring is 1. The summed E-state index contributed by atoms with van der Waals surface area (Å²) in [7, 11) is 0. The molecule has 3 heterocycles. The number of fused-ring (bicyclic) bond motifs is 1. The second-order valence-electron chi connectivity index (χ2n) is 8.11. The predicted molar refractivity (Wildman–Crippen MR) is 133 cm³/mol. The summed E-state index contributed by atoms with van der Waals surface area (Å²) in [6, 6.07) is 12.8. The van der Waals surface area contributed by atoms with E-state index in [4.69, 9.17) is 33.7 Å². The lowest BCUT2D eigenvalue weighted by molar-refractivity contribution is -0.112. The number of anilines is 2. The molecule has 1 aromatic heterocycles. The Hall–Kier alpha value is -3.04. The first-order valence-electron chi connectivity index (χ1n) is 10.8. The number of amides is 1. The summed E-state index contributed by atoms with van der Waals surface area (Å²) in [6.07, 6.45) is 2.20. The fourth-order valence-electron chi connectivity index (χ4n) is 4.00. The van der Waals surface area contributed by atoms with Crippen LogP contribution in [-0.2, 0) is 16.0 Å².